The molecule has 0 atom stereocenters. The molecule has 0 aliphatic carbocycles. The molecule has 5 nitrogen and oxygen atoms in total. The maximum atomic E-state index is 12.4. The first-order valence-electron chi connectivity index (χ1n) is 7.66. The van der Waals surface area contributed by atoms with Crippen LogP contribution in [0.3, 0.4) is 0 Å². The molecule has 126 valence electrons. The van der Waals surface area contributed by atoms with E-state index in [-0.39, 0.29) is 17.2 Å². The highest BCUT2D eigenvalue weighted by Crippen LogP contribution is 2.17. The summed E-state index contributed by atoms with van der Waals surface area (Å²) < 4.78 is 26.7. The maximum Gasteiger partial charge on any atom is 0.240 e. The summed E-state index contributed by atoms with van der Waals surface area (Å²) in [6.45, 7) is -0.310. The van der Waals surface area contributed by atoms with Gasteiger partial charge in [0.1, 0.15) is 0 Å². The van der Waals surface area contributed by atoms with E-state index in [4.69, 9.17) is 0 Å². The quantitative estimate of drug-likeness (QED) is 0.692. The highest BCUT2D eigenvalue weighted by molar-refractivity contribution is 7.89. The van der Waals surface area contributed by atoms with Crippen molar-refractivity contribution in [1.29, 1.82) is 0 Å². The van der Waals surface area contributed by atoms with Gasteiger partial charge in [-0.15, -0.1) is 0 Å². The zero-order chi connectivity index (χ0) is 17.7. The van der Waals surface area contributed by atoms with Crippen molar-refractivity contribution in [1.82, 2.24) is 9.71 Å². The van der Waals surface area contributed by atoms with Crippen molar-refractivity contribution in [3.05, 3.63) is 84.6 Å². The smallest absolute Gasteiger partial charge is 0.240 e. The van der Waals surface area contributed by atoms with E-state index in [0.29, 0.717) is 11.3 Å². The molecule has 0 aliphatic rings. The Morgan fingerprint density at radius 3 is 2.24 bits per heavy atom. The zero-order valence-corrected chi connectivity index (χ0v) is 14.1. The SMILES string of the molecule is O=C(CNS(=O)(=O)c1ccccc1)c1ccnc(-c2ccccc2)c1. The molecule has 6 heteroatoms. The number of Topliss-reactive ketones (excluding diaryl/α,β-unsaturated/α-hetero) is 1. The van der Waals surface area contributed by atoms with Gasteiger partial charge in [-0.05, 0) is 24.3 Å². The second kappa shape index (κ2) is 7.38. The van der Waals surface area contributed by atoms with E-state index < -0.39 is 10.0 Å². The van der Waals surface area contributed by atoms with Gasteiger partial charge in [0.2, 0.25) is 10.0 Å². The predicted molar refractivity (Wildman–Crippen MR) is 95.6 cm³/mol. The van der Waals surface area contributed by atoms with E-state index in [1.165, 1.54) is 12.1 Å². The van der Waals surface area contributed by atoms with Crippen molar-refractivity contribution >= 4 is 15.8 Å². The first-order valence-corrected chi connectivity index (χ1v) is 9.14. The molecule has 2 aromatic carbocycles. The molecule has 0 saturated heterocycles. The zero-order valence-electron chi connectivity index (χ0n) is 13.3. The van der Waals surface area contributed by atoms with Gasteiger partial charge in [-0.25, -0.2) is 13.1 Å². The number of carbonyl (C=O) groups is 1. The minimum atomic E-state index is -3.71. The molecule has 1 heterocycles. The summed E-state index contributed by atoms with van der Waals surface area (Å²) >= 11 is 0. The van der Waals surface area contributed by atoms with Crippen LogP contribution in [-0.4, -0.2) is 25.7 Å². The van der Waals surface area contributed by atoms with Crippen LogP contribution < -0.4 is 4.72 Å². The van der Waals surface area contributed by atoms with Gasteiger partial charge in [-0.3, -0.25) is 9.78 Å². The molecule has 0 fully saturated rings. The Hall–Kier alpha value is -2.83. The van der Waals surface area contributed by atoms with Crippen LogP contribution in [0.5, 0.6) is 0 Å². The molecule has 1 aromatic heterocycles. The van der Waals surface area contributed by atoms with E-state index in [9.17, 15) is 13.2 Å². The first-order chi connectivity index (χ1) is 12.1. The second-order valence-corrected chi connectivity index (χ2v) is 7.12. The molecule has 0 radical (unpaired) electrons. The Balaban J connectivity index is 1.74. The fourth-order valence-corrected chi connectivity index (χ4v) is 3.32. The van der Waals surface area contributed by atoms with Crippen LogP contribution in [0.4, 0.5) is 0 Å². The number of ketones is 1. The highest BCUT2D eigenvalue weighted by Gasteiger charge is 2.16. The van der Waals surface area contributed by atoms with Gasteiger partial charge in [0.05, 0.1) is 17.1 Å². The Kier molecular flexibility index (Phi) is 5.02. The molecule has 1 N–H and O–H groups in total. The molecule has 3 rings (SSSR count). The molecular formula is C19H16N2O3S. The van der Waals surface area contributed by atoms with Crippen LogP contribution in [0.25, 0.3) is 11.3 Å². The standard InChI is InChI=1S/C19H16N2O3S/c22-19(14-21-25(23,24)17-9-5-2-6-10-17)16-11-12-20-18(13-16)15-7-3-1-4-8-15/h1-13,21H,14H2. The van der Waals surface area contributed by atoms with E-state index in [1.807, 2.05) is 30.3 Å². The van der Waals surface area contributed by atoms with Gasteiger partial charge >= 0.3 is 0 Å². The molecule has 0 bridgehead atoms. The Morgan fingerprint density at radius 2 is 1.56 bits per heavy atom. The lowest BCUT2D eigenvalue weighted by molar-refractivity contribution is 0.0997. The first kappa shape index (κ1) is 17.0. The van der Waals surface area contributed by atoms with Gasteiger partial charge in [-0.1, -0.05) is 48.5 Å². The fraction of sp³-hybridized carbons (Fsp3) is 0.0526. The van der Waals surface area contributed by atoms with Crippen LogP contribution in [-0.2, 0) is 10.0 Å². The summed E-state index contributed by atoms with van der Waals surface area (Å²) in [4.78, 5) is 16.7. The molecule has 0 unspecified atom stereocenters. The lowest BCUT2D eigenvalue weighted by atomic mass is 10.1. The molecule has 0 amide bonds. The lowest BCUT2D eigenvalue weighted by Crippen LogP contribution is -2.29. The van der Waals surface area contributed by atoms with Gasteiger partial charge in [0.15, 0.2) is 5.78 Å². The van der Waals surface area contributed by atoms with Gasteiger partial charge in [0, 0.05) is 17.3 Å². The topological polar surface area (TPSA) is 76.1 Å². The lowest BCUT2D eigenvalue weighted by Gasteiger charge is -2.07. The summed E-state index contributed by atoms with van der Waals surface area (Å²) in [6, 6.07) is 20.7. The van der Waals surface area contributed by atoms with Gasteiger partial charge in [-0.2, -0.15) is 0 Å². The van der Waals surface area contributed by atoms with Crippen molar-refractivity contribution in [2.24, 2.45) is 0 Å². The Bertz CT molecular complexity index is 972. The van der Waals surface area contributed by atoms with E-state index >= 15 is 0 Å². The van der Waals surface area contributed by atoms with Gasteiger partial charge in [0.25, 0.3) is 0 Å². The Labute approximate surface area is 146 Å². The van der Waals surface area contributed by atoms with Crippen LogP contribution in [0.1, 0.15) is 10.4 Å². The minimum Gasteiger partial charge on any atom is -0.293 e. The predicted octanol–water partition coefficient (Wildman–Crippen LogP) is 2.91. The number of nitrogens with zero attached hydrogens (tertiary/aromatic N) is 1. The summed E-state index contributed by atoms with van der Waals surface area (Å²) in [6.07, 6.45) is 1.54. The van der Waals surface area contributed by atoms with Crippen LogP contribution >= 0.6 is 0 Å². The van der Waals surface area contributed by atoms with Crippen molar-refractivity contribution in [3.8, 4) is 11.3 Å². The molecule has 3 aromatic rings. The number of nitrogens with one attached hydrogen (secondary N) is 1. The minimum absolute atomic E-state index is 0.127. The summed E-state index contributed by atoms with van der Waals surface area (Å²) in [5.74, 6) is -0.320. The molecular weight excluding hydrogens is 336 g/mol. The van der Waals surface area contributed by atoms with Crippen molar-refractivity contribution < 1.29 is 13.2 Å². The van der Waals surface area contributed by atoms with E-state index in [0.717, 1.165) is 5.56 Å². The number of hydrogen-bond donors (Lipinski definition) is 1. The number of benzene rings is 2. The van der Waals surface area contributed by atoms with Gasteiger partial charge < -0.3 is 0 Å². The Morgan fingerprint density at radius 1 is 0.920 bits per heavy atom. The number of rotatable bonds is 6. The highest BCUT2D eigenvalue weighted by atomic mass is 32.2. The van der Waals surface area contributed by atoms with Crippen molar-refractivity contribution in [3.63, 3.8) is 0 Å². The molecule has 0 aliphatic heterocycles. The third-order valence-corrected chi connectivity index (χ3v) is 5.04. The molecule has 25 heavy (non-hydrogen) atoms. The number of aromatic nitrogens is 1. The van der Waals surface area contributed by atoms with Crippen LogP contribution in [0.15, 0.2) is 83.9 Å². The number of hydrogen-bond acceptors (Lipinski definition) is 4. The summed E-state index contributed by atoms with van der Waals surface area (Å²) in [5, 5.41) is 0. The van der Waals surface area contributed by atoms with E-state index in [2.05, 4.69) is 9.71 Å². The number of pyridine rings is 1. The average molecular weight is 352 g/mol. The van der Waals surface area contributed by atoms with E-state index in [1.54, 1.807) is 36.5 Å². The van der Waals surface area contributed by atoms with Crippen molar-refractivity contribution in [2.75, 3.05) is 6.54 Å². The molecule has 0 saturated carbocycles. The third kappa shape index (κ3) is 4.17. The summed E-state index contributed by atoms with van der Waals surface area (Å²) in [5.41, 5.74) is 1.96. The maximum absolute atomic E-state index is 12.4. The van der Waals surface area contributed by atoms with Crippen LogP contribution in [0.2, 0.25) is 0 Å². The fourth-order valence-electron chi connectivity index (χ4n) is 2.32. The number of sulfonamides is 1. The normalized spacial score (nSPS) is 11.2. The average Bonchev–Trinajstić information content (AvgIpc) is 2.68. The third-order valence-electron chi connectivity index (χ3n) is 3.63. The van der Waals surface area contributed by atoms with Crippen molar-refractivity contribution in [2.45, 2.75) is 4.90 Å². The molecule has 0 spiro atoms. The van der Waals surface area contributed by atoms with Crippen LogP contribution in [0, 0.1) is 0 Å². The second-order valence-electron chi connectivity index (χ2n) is 5.36. The summed E-state index contributed by atoms with van der Waals surface area (Å²) in [7, 11) is -3.71. The number of carbonyl (C=O) groups excluding carboxylic acids is 1. The largest absolute Gasteiger partial charge is 0.293 e. The monoisotopic (exact) mass is 352 g/mol.